The molecule has 1 saturated carbocycles. The Balaban J connectivity index is 1.43. The number of carboxylic acids is 1. The molecular formula is C30H39NO4. The minimum absolute atomic E-state index is 0.0295. The van der Waals surface area contributed by atoms with Crippen LogP contribution >= 0.6 is 0 Å². The second-order valence-electron chi connectivity index (χ2n) is 10.7. The highest BCUT2D eigenvalue weighted by atomic mass is 16.6. The molecule has 5 heteroatoms. The van der Waals surface area contributed by atoms with Gasteiger partial charge in [-0.05, 0) is 73.7 Å². The smallest absolute Gasteiger partial charge is 0.307 e. The summed E-state index contributed by atoms with van der Waals surface area (Å²) in [5.74, 6) is -1.24. The van der Waals surface area contributed by atoms with Crippen LogP contribution in [-0.2, 0) is 22.4 Å². The molecule has 0 bridgehead atoms. The predicted molar refractivity (Wildman–Crippen MR) is 136 cm³/mol. The van der Waals surface area contributed by atoms with Gasteiger partial charge in [0.05, 0.1) is 18.1 Å². The SMILES string of the molecule is O=C(O)[C@@H]1CCC(C(O)OC2CCCCC2)CCN(C2c3ccccc3CCc3ccccc32)C1. The van der Waals surface area contributed by atoms with Crippen LogP contribution in [0.5, 0.6) is 0 Å². The van der Waals surface area contributed by atoms with Gasteiger partial charge in [0.2, 0.25) is 0 Å². The van der Waals surface area contributed by atoms with Crippen molar-refractivity contribution in [2.24, 2.45) is 11.8 Å². The molecule has 0 radical (unpaired) electrons. The van der Waals surface area contributed by atoms with Crippen LogP contribution in [0.25, 0.3) is 0 Å². The van der Waals surface area contributed by atoms with Crippen molar-refractivity contribution >= 4 is 5.97 Å². The maximum absolute atomic E-state index is 12.3. The number of hydrogen-bond donors (Lipinski definition) is 2. The Labute approximate surface area is 209 Å². The Bertz CT molecular complexity index is 954. The molecule has 2 aliphatic carbocycles. The summed E-state index contributed by atoms with van der Waals surface area (Å²) in [6.07, 6.45) is 8.99. The van der Waals surface area contributed by atoms with Gasteiger partial charge in [-0.1, -0.05) is 67.8 Å². The zero-order chi connectivity index (χ0) is 24.2. The third-order valence-corrected chi connectivity index (χ3v) is 8.49. The third kappa shape index (κ3) is 5.63. The summed E-state index contributed by atoms with van der Waals surface area (Å²) in [4.78, 5) is 14.7. The fourth-order valence-electron chi connectivity index (χ4n) is 6.48. The van der Waals surface area contributed by atoms with Crippen molar-refractivity contribution in [2.75, 3.05) is 13.1 Å². The molecule has 2 fully saturated rings. The summed E-state index contributed by atoms with van der Waals surface area (Å²) >= 11 is 0. The van der Waals surface area contributed by atoms with Gasteiger partial charge in [0.25, 0.3) is 0 Å². The first-order valence-electron chi connectivity index (χ1n) is 13.6. The van der Waals surface area contributed by atoms with Crippen LogP contribution in [0.2, 0.25) is 0 Å². The summed E-state index contributed by atoms with van der Waals surface area (Å²) in [6, 6.07) is 17.3. The number of aliphatic carboxylic acids is 1. The zero-order valence-corrected chi connectivity index (χ0v) is 20.6. The number of aliphatic hydroxyl groups excluding tert-OH is 1. The van der Waals surface area contributed by atoms with Crippen molar-refractivity contribution in [1.82, 2.24) is 4.90 Å². The van der Waals surface area contributed by atoms with Gasteiger partial charge < -0.3 is 14.9 Å². The van der Waals surface area contributed by atoms with Crippen molar-refractivity contribution in [3.8, 4) is 0 Å². The number of carboxylic acid groups (broad SMARTS) is 1. The lowest BCUT2D eigenvalue weighted by Gasteiger charge is -2.39. The van der Waals surface area contributed by atoms with Gasteiger partial charge >= 0.3 is 5.97 Å². The molecule has 2 unspecified atom stereocenters. The Kier molecular flexibility index (Phi) is 7.86. The van der Waals surface area contributed by atoms with E-state index in [1.54, 1.807) is 0 Å². The van der Waals surface area contributed by atoms with E-state index >= 15 is 0 Å². The van der Waals surface area contributed by atoms with Crippen molar-refractivity contribution < 1.29 is 19.7 Å². The molecular weight excluding hydrogens is 438 g/mol. The lowest BCUT2D eigenvalue weighted by Crippen LogP contribution is -2.42. The summed E-state index contributed by atoms with van der Waals surface area (Å²) < 4.78 is 6.13. The maximum Gasteiger partial charge on any atom is 0.307 e. The average molecular weight is 478 g/mol. The number of hydrogen-bond acceptors (Lipinski definition) is 4. The molecule has 3 atom stereocenters. The van der Waals surface area contributed by atoms with Gasteiger partial charge in [-0.2, -0.15) is 0 Å². The van der Waals surface area contributed by atoms with Gasteiger partial charge in [0.1, 0.15) is 0 Å². The summed E-state index contributed by atoms with van der Waals surface area (Å²) in [5.41, 5.74) is 5.27. The minimum Gasteiger partial charge on any atom is -0.481 e. The lowest BCUT2D eigenvalue weighted by molar-refractivity contribution is -0.178. The van der Waals surface area contributed by atoms with E-state index in [-0.39, 0.29) is 18.1 Å². The Hall–Kier alpha value is -2.21. The predicted octanol–water partition coefficient (Wildman–Crippen LogP) is 5.35. The highest BCUT2D eigenvalue weighted by Crippen LogP contribution is 2.39. The van der Waals surface area contributed by atoms with Gasteiger partial charge in [-0.15, -0.1) is 0 Å². The Morgan fingerprint density at radius 1 is 0.857 bits per heavy atom. The van der Waals surface area contributed by atoms with E-state index in [0.717, 1.165) is 51.5 Å². The number of benzene rings is 2. The highest BCUT2D eigenvalue weighted by molar-refractivity contribution is 5.70. The maximum atomic E-state index is 12.3. The molecule has 2 aromatic rings. The van der Waals surface area contributed by atoms with Crippen LogP contribution in [0.3, 0.4) is 0 Å². The van der Waals surface area contributed by atoms with Crippen molar-refractivity contribution in [1.29, 1.82) is 0 Å². The highest BCUT2D eigenvalue weighted by Gasteiger charge is 2.35. The molecule has 3 aliphatic rings. The largest absolute Gasteiger partial charge is 0.481 e. The van der Waals surface area contributed by atoms with Crippen molar-refractivity contribution in [3.63, 3.8) is 0 Å². The first-order valence-corrected chi connectivity index (χ1v) is 13.6. The van der Waals surface area contributed by atoms with E-state index in [2.05, 4.69) is 53.4 Å². The van der Waals surface area contributed by atoms with Gasteiger partial charge in [0, 0.05) is 12.5 Å². The monoisotopic (exact) mass is 477 g/mol. The molecule has 1 saturated heterocycles. The second kappa shape index (κ2) is 11.2. The topological polar surface area (TPSA) is 70.0 Å². The van der Waals surface area contributed by atoms with E-state index in [0.29, 0.717) is 19.4 Å². The Morgan fingerprint density at radius 2 is 1.49 bits per heavy atom. The molecule has 0 amide bonds. The zero-order valence-electron chi connectivity index (χ0n) is 20.6. The minimum atomic E-state index is -0.818. The van der Waals surface area contributed by atoms with Crippen molar-refractivity contribution in [3.05, 3.63) is 70.8 Å². The Morgan fingerprint density at radius 3 is 2.11 bits per heavy atom. The first-order chi connectivity index (χ1) is 17.1. The molecule has 2 N–H and O–H groups in total. The molecule has 0 aromatic heterocycles. The molecule has 2 aromatic carbocycles. The number of aliphatic hydroxyl groups is 1. The second-order valence-corrected chi connectivity index (χ2v) is 10.7. The number of rotatable bonds is 5. The van der Waals surface area contributed by atoms with E-state index in [9.17, 15) is 15.0 Å². The molecule has 188 valence electrons. The third-order valence-electron chi connectivity index (χ3n) is 8.49. The fourth-order valence-corrected chi connectivity index (χ4v) is 6.48. The number of fused-ring (bicyclic) bond motifs is 2. The number of likely N-dealkylation sites (tertiary alicyclic amines) is 1. The van der Waals surface area contributed by atoms with Gasteiger partial charge in [-0.25, -0.2) is 0 Å². The molecule has 1 aliphatic heterocycles. The quantitative estimate of drug-likeness (QED) is 0.569. The molecule has 5 rings (SSSR count). The van der Waals surface area contributed by atoms with Gasteiger partial charge in [-0.3, -0.25) is 9.69 Å². The summed E-state index contributed by atoms with van der Waals surface area (Å²) in [6.45, 7) is 1.27. The normalized spacial score (nSPS) is 25.5. The molecule has 0 spiro atoms. The lowest BCUT2D eigenvalue weighted by atomic mass is 9.86. The first kappa shape index (κ1) is 24.5. The van der Waals surface area contributed by atoms with Crippen LogP contribution < -0.4 is 0 Å². The number of carbonyl (C=O) groups is 1. The van der Waals surface area contributed by atoms with E-state index in [4.69, 9.17) is 4.74 Å². The van der Waals surface area contributed by atoms with E-state index in [1.165, 1.54) is 28.7 Å². The average Bonchev–Trinajstić information content (AvgIpc) is 3.02. The summed E-state index contributed by atoms with van der Waals surface area (Å²) in [7, 11) is 0. The van der Waals surface area contributed by atoms with E-state index in [1.807, 2.05) is 0 Å². The summed E-state index contributed by atoms with van der Waals surface area (Å²) in [5, 5.41) is 21.1. The fraction of sp³-hybridized carbons (Fsp3) is 0.567. The van der Waals surface area contributed by atoms with Crippen LogP contribution in [0.1, 0.15) is 79.7 Å². The number of ether oxygens (including phenoxy) is 1. The molecule has 5 nitrogen and oxygen atoms in total. The van der Waals surface area contributed by atoms with Crippen LogP contribution in [-0.4, -0.2) is 46.6 Å². The van der Waals surface area contributed by atoms with Crippen LogP contribution in [0.15, 0.2) is 48.5 Å². The van der Waals surface area contributed by atoms with Crippen LogP contribution in [0, 0.1) is 11.8 Å². The van der Waals surface area contributed by atoms with Crippen molar-refractivity contribution in [2.45, 2.75) is 82.6 Å². The molecule has 35 heavy (non-hydrogen) atoms. The number of aryl methyl sites for hydroxylation is 2. The van der Waals surface area contributed by atoms with Crippen LogP contribution in [0.4, 0.5) is 0 Å². The standard InChI is InChI=1S/C30H39NO4/c32-29(33)24-17-16-23(30(34)35-25-10-2-1-3-11-25)18-19-31(20-24)28-26-12-6-4-8-21(26)14-15-22-9-5-7-13-27(22)28/h4-9,12-13,23-25,28,30,34H,1-3,10-11,14-20H2,(H,32,33)/t23?,24-,30?/m1/s1. The van der Waals surface area contributed by atoms with E-state index < -0.39 is 18.2 Å². The molecule has 1 heterocycles. The van der Waals surface area contributed by atoms with Gasteiger partial charge in [0.15, 0.2) is 6.29 Å². The number of nitrogens with zero attached hydrogens (tertiary/aromatic N) is 1.